The first-order valence-electron chi connectivity index (χ1n) is 19.8. The van der Waals surface area contributed by atoms with Gasteiger partial charge in [0.1, 0.15) is 0 Å². The van der Waals surface area contributed by atoms with Gasteiger partial charge >= 0.3 is 0 Å². The van der Waals surface area contributed by atoms with Crippen molar-refractivity contribution in [2.45, 2.75) is 0 Å². The van der Waals surface area contributed by atoms with Crippen LogP contribution in [0.3, 0.4) is 0 Å². The van der Waals surface area contributed by atoms with Crippen LogP contribution in [0.15, 0.2) is 206 Å². The predicted octanol–water partition coefficient (Wildman–Crippen LogP) is 14.0. The van der Waals surface area contributed by atoms with E-state index in [0.29, 0.717) is 0 Å². The minimum absolute atomic E-state index is 0.877. The summed E-state index contributed by atoms with van der Waals surface area (Å²) in [5, 5.41) is 7.19. The minimum Gasteiger partial charge on any atom is -0.309 e. The van der Waals surface area contributed by atoms with Gasteiger partial charge in [-0.1, -0.05) is 140 Å². The third-order valence-electron chi connectivity index (χ3n) is 11.7. The van der Waals surface area contributed by atoms with E-state index in [0.717, 1.165) is 66.8 Å². The van der Waals surface area contributed by atoms with Crippen molar-refractivity contribution >= 4 is 65.4 Å². The summed E-state index contributed by atoms with van der Waals surface area (Å²) in [5.41, 5.74) is 15.0. The van der Waals surface area contributed by atoms with Gasteiger partial charge in [0.05, 0.1) is 44.5 Å². The fourth-order valence-corrected chi connectivity index (χ4v) is 9.07. The Labute approximate surface area is 334 Å². The predicted molar refractivity (Wildman–Crippen MR) is 242 cm³/mol. The van der Waals surface area contributed by atoms with Crippen LogP contribution in [0, 0.1) is 0 Å². The molecule has 0 radical (unpaired) electrons. The molecule has 0 spiro atoms. The first-order valence-corrected chi connectivity index (χ1v) is 19.8. The molecule has 0 N–H and O–H groups in total. The number of nitrogens with zero attached hydrogens (tertiary/aromatic N) is 4. The van der Waals surface area contributed by atoms with Crippen LogP contribution >= 0.6 is 0 Å². The highest BCUT2D eigenvalue weighted by Gasteiger charge is 2.21. The van der Waals surface area contributed by atoms with Crippen LogP contribution in [0.25, 0.3) is 110 Å². The number of rotatable bonds is 5. The molecule has 12 aromatic rings. The van der Waals surface area contributed by atoms with Gasteiger partial charge in [-0.25, -0.2) is 9.97 Å². The second kappa shape index (κ2) is 12.9. The summed E-state index contributed by atoms with van der Waals surface area (Å²) in [6.07, 6.45) is 0. The standard InChI is InChI=1S/C54H34N4/c1-5-15-36(16-6-1)52-53(37-17-7-2-8-18-37)56-54-43-33-38(26-25-35(43)27-29-45(54)55-52)39-28-30-47-44(34-39)51-49(58(47)41-21-11-4-12-22-41)32-31-48-50(51)42-23-13-14-24-46(42)57(48)40-19-9-3-10-20-40/h1-34H. The molecule has 9 aromatic carbocycles. The summed E-state index contributed by atoms with van der Waals surface area (Å²) < 4.78 is 4.82. The van der Waals surface area contributed by atoms with E-state index in [1.165, 1.54) is 43.6 Å². The third-order valence-corrected chi connectivity index (χ3v) is 11.7. The highest BCUT2D eigenvalue weighted by atomic mass is 15.0. The molecule has 0 bridgehead atoms. The Morgan fingerprint density at radius 1 is 0.310 bits per heavy atom. The number of aromatic nitrogens is 4. The van der Waals surface area contributed by atoms with Gasteiger partial charge in [0.2, 0.25) is 0 Å². The zero-order chi connectivity index (χ0) is 38.2. The SMILES string of the molecule is c1ccc(-c2nc3ccc4ccc(-c5ccc6c(c5)c5c7c8ccccc8n(-c8ccccc8)c7ccc5n6-c5ccccc5)cc4c3nc2-c2ccccc2)cc1. The fraction of sp³-hybridized carbons (Fsp3) is 0. The van der Waals surface area contributed by atoms with Gasteiger partial charge in [-0.05, 0) is 83.2 Å². The topological polar surface area (TPSA) is 35.6 Å². The number of hydrogen-bond donors (Lipinski definition) is 0. The molecule has 0 unspecified atom stereocenters. The van der Waals surface area contributed by atoms with Crippen molar-refractivity contribution in [3.63, 3.8) is 0 Å². The Morgan fingerprint density at radius 3 is 1.41 bits per heavy atom. The normalized spacial score (nSPS) is 11.8. The lowest BCUT2D eigenvalue weighted by atomic mass is 9.97. The van der Waals surface area contributed by atoms with Crippen molar-refractivity contribution < 1.29 is 0 Å². The number of para-hydroxylation sites is 3. The number of benzene rings is 9. The van der Waals surface area contributed by atoms with E-state index in [1.54, 1.807) is 0 Å². The van der Waals surface area contributed by atoms with Crippen LogP contribution in [0.4, 0.5) is 0 Å². The molecule has 0 atom stereocenters. The Kier molecular flexibility index (Phi) is 7.20. The van der Waals surface area contributed by atoms with Gasteiger partial charge in [-0.2, -0.15) is 0 Å². The summed E-state index contributed by atoms with van der Waals surface area (Å²) in [5.74, 6) is 0. The van der Waals surface area contributed by atoms with Crippen LogP contribution in [0.2, 0.25) is 0 Å². The van der Waals surface area contributed by atoms with Gasteiger partial charge in [0.25, 0.3) is 0 Å². The monoisotopic (exact) mass is 738 g/mol. The first-order chi connectivity index (χ1) is 28.8. The van der Waals surface area contributed by atoms with Crippen LogP contribution in [-0.2, 0) is 0 Å². The fourth-order valence-electron chi connectivity index (χ4n) is 9.07. The molecule has 0 aliphatic heterocycles. The number of hydrogen-bond acceptors (Lipinski definition) is 2. The Hall–Kier alpha value is -7.82. The summed E-state index contributed by atoms with van der Waals surface area (Å²) in [7, 11) is 0. The average Bonchev–Trinajstić information content (AvgIpc) is 3.82. The van der Waals surface area contributed by atoms with E-state index in [1.807, 2.05) is 12.1 Å². The van der Waals surface area contributed by atoms with Crippen LogP contribution in [0.1, 0.15) is 0 Å². The van der Waals surface area contributed by atoms with Crippen LogP contribution in [-0.4, -0.2) is 19.1 Å². The van der Waals surface area contributed by atoms with E-state index in [4.69, 9.17) is 9.97 Å². The highest BCUT2D eigenvalue weighted by molar-refractivity contribution is 6.29. The molecule has 0 aliphatic carbocycles. The maximum Gasteiger partial charge on any atom is 0.0973 e. The van der Waals surface area contributed by atoms with E-state index in [2.05, 4.69) is 203 Å². The van der Waals surface area contributed by atoms with E-state index in [-0.39, 0.29) is 0 Å². The Balaban J connectivity index is 1.13. The molecule has 3 aromatic heterocycles. The third kappa shape index (κ3) is 4.95. The van der Waals surface area contributed by atoms with Gasteiger partial charge in [0, 0.05) is 49.4 Å². The van der Waals surface area contributed by atoms with Crippen molar-refractivity contribution in [1.29, 1.82) is 0 Å². The van der Waals surface area contributed by atoms with E-state index < -0.39 is 0 Å². The molecule has 12 rings (SSSR count). The molecule has 58 heavy (non-hydrogen) atoms. The largest absolute Gasteiger partial charge is 0.309 e. The van der Waals surface area contributed by atoms with E-state index in [9.17, 15) is 0 Å². The zero-order valence-electron chi connectivity index (χ0n) is 31.4. The Bertz CT molecular complexity index is 3530. The quantitative estimate of drug-likeness (QED) is 0.165. The summed E-state index contributed by atoms with van der Waals surface area (Å²) in [6, 6.07) is 73.6. The average molecular weight is 739 g/mol. The van der Waals surface area contributed by atoms with Gasteiger partial charge in [-0.15, -0.1) is 0 Å². The summed E-state index contributed by atoms with van der Waals surface area (Å²) in [4.78, 5) is 10.7. The maximum absolute atomic E-state index is 5.43. The van der Waals surface area contributed by atoms with E-state index >= 15 is 0 Å². The lowest BCUT2D eigenvalue weighted by Crippen LogP contribution is -1.96. The molecular weight excluding hydrogens is 705 g/mol. The maximum atomic E-state index is 5.43. The number of fused-ring (bicyclic) bond motifs is 10. The van der Waals surface area contributed by atoms with Crippen LogP contribution < -0.4 is 0 Å². The lowest BCUT2D eigenvalue weighted by Gasteiger charge is -2.13. The van der Waals surface area contributed by atoms with Gasteiger partial charge < -0.3 is 9.13 Å². The van der Waals surface area contributed by atoms with Crippen molar-refractivity contribution in [1.82, 2.24) is 19.1 Å². The lowest BCUT2D eigenvalue weighted by molar-refractivity contribution is 1.17. The molecule has 3 heterocycles. The molecule has 0 saturated carbocycles. The molecule has 0 fully saturated rings. The van der Waals surface area contributed by atoms with Crippen molar-refractivity contribution in [2.24, 2.45) is 0 Å². The summed E-state index contributed by atoms with van der Waals surface area (Å²) >= 11 is 0. The smallest absolute Gasteiger partial charge is 0.0973 e. The molecule has 4 nitrogen and oxygen atoms in total. The van der Waals surface area contributed by atoms with Crippen molar-refractivity contribution in [2.75, 3.05) is 0 Å². The highest BCUT2D eigenvalue weighted by Crippen LogP contribution is 2.44. The van der Waals surface area contributed by atoms with Gasteiger partial charge in [0.15, 0.2) is 0 Å². The van der Waals surface area contributed by atoms with Crippen LogP contribution in [0.5, 0.6) is 0 Å². The molecular formula is C54H34N4. The molecule has 0 saturated heterocycles. The van der Waals surface area contributed by atoms with Crippen molar-refractivity contribution in [3.05, 3.63) is 206 Å². The van der Waals surface area contributed by atoms with Crippen molar-refractivity contribution in [3.8, 4) is 45.0 Å². The molecule has 270 valence electrons. The molecule has 4 heteroatoms. The minimum atomic E-state index is 0.877. The first kappa shape index (κ1) is 32.4. The second-order valence-corrected chi connectivity index (χ2v) is 15.0. The summed E-state index contributed by atoms with van der Waals surface area (Å²) in [6.45, 7) is 0. The second-order valence-electron chi connectivity index (χ2n) is 15.0. The Morgan fingerprint density at radius 2 is 0.776 bits per heavy atom. The zero-order valence-corrected chi connectivity index (χ0v) is 31.4. The molecule has 0 amide bonds. The van der Waals surface area contributed by atoms with Gasteiger partial charge in [-0.3, -0.25) is 0 Å². The molecule has 0 aliphatic rings.